The monoisotopic (exact) mass is 302 g/mol. The fourth-order valence-corrected chi connectivity index (χ4v) is 3.98. The van der Waals surface area contributed by atoms with Crippen molar-refractivity contribution >= 4 is 0 Å². The minimum absolute atomic E-state index is 0.325. The molecule has 122 valence electrons. The summed E-state index contributed by atoms with van der Waals surface area (Å²) in [6.07, 6.45) is 3.66. The summed E-state index contributed by atoms with van der Waals surface area (Å²) in [6.45, 7) is 10.1. The quantitative estimate of drug-likeness (QED) is 0.925. The van der Waals surface area contributed by atoms with Crippen LogP contribution in [0.3, 0.4) is 0 Å². The van der Waals surface area contributed by atoms with Crippen LogP contribution in [0.25, 0.3) is 0 Å². The highest BCUT2D eigenvalue weighted by molar-refractivity contribution is 5.14. The first-order chi connectivity index (χ1) is 10.6. The third-order valence-corrected chi connectivity index (χ3v) is 5.36. The summed E-state index contributed by atoms with van der Waals surface area (Å²) in [4.78, 5) is 2.71. The molecule has 0 spiro atoms. The molecule has 2 heterocycles. The van der Waals surface area contributed by atoms with Crippen LogP contribution in [0.4, 0.5) is 0 Å². The van der Waals surface area contributed by atoms with E-state index in [-0.39, 0.29) is 0 Å². The van der Waals surface area contributed by atoms with E-state index in [1.807, 2.05) is 0 Å². The van der Waals surface area contributed by atoms with Crippen molar-refractivity contribution in [1.29, 1.82) is 0 Å². The molecule has 2 aliphatic rings. The zero-order valence-electron chi connectivity index (χ0n) is 14.1. The van der Waals surface area contributed by atoms with Crippen molar-refractivity contribution in [2.75, 3.05) is 26.3 Å². The van der Waals surface area contributed by atoms with E-state index in [4.69, 9.17) is 4.74 Å². The number of hydrogen-bond acceptors (Lipinski definition) is 3. The van der Waals surface area contributed by atoms with Gasteiger partial charge in [-0.05, 0) is 36.8 Å². The second-order valence-electron chi connectivity index (χ2n) is 7.51. The Kier molecular flexibility index (Phi) is 5.17. The summed E-state index contributed by atoms with van der Waals surface area (Å²) >= 11 is 0. The molecule has 3 heteroatoms. The van der Waals surface area contributed by atoms with Crippen LogP contribution in [-0.2, 0) is 11.3 Å². The number of rotatable bonds is 4. The first-order valence-electron chi connectivity index (χ1n) is 8.74. The molecule has 3 nitrogen and oxygen atoms in total. The molecule has 0 saturated carbocycles. The average molecular weight is 302 g/mol. The highest BCUT2D eigenvalue weighted by Gasteiger charge is 2.37. The van der Waals surface area contributed by atoms with Gasteiger partial charge in [0.15, 0.2) is 0 Å². The number of benzene rings is 1. The molecular weight excluding hydrogens is 272 g/mol. The van der Waals surface area contributed by atoms with Crippen LogP contribution in [0.1, 0.15) is 38.7 Å². The Morgan fingerprint density at radius 3 is 2.55 bits per heavy atom. The largest absolute Gasteiger partial charge is 0.381 e. The smallest absolute Gasteiger partial charge is 0.0480 e. The highest BCUT2D eigenvalue weighted by atomic mass is 16.5. The summed E-state index contributed by atoms with van der Waals surface area (Å²) in [7, 11) is 0. The molecule has 2 saturated heterocycles. The molecule has 2 fully saturated rings. The van der Waals surface area contributed by atoms with Crippen molar-refractivity contribution in [3.8, 4) is 0 Å². The van der Waals surface area contributed by atoms with Gasteiger partial charge in [0.1, 0.15) is 0 Å². The molecule has 1 unspecified atom stereocenters. The van der Waals surface area contributed by atoms with Gasteiger partial charge in [-0.3, -0.25) is 4.90 Å². The second kappa shape index (κ2) is 7.12. The van der Waals surface area contributed by atoms with Gasteiger partial charge in [-0.25, -0.2) is 0 Å². The molecule has 0 aromatic heterocycles. The molecule has 1 atom stereocenters. The predicted octanol–water partition coefficient (Wildman–Crippen LogP) is 3.06. The molecule has 0 amide bonds. The lowest BCUT2D eigenvalue weighted by Gasteiger charge is -2.48. The lowest BCUT2D eigenvalue weighted by Crippen LogP contribution is -2.57. The normalized spacial score (nSPS) is 26.9. The van der Waals surface area contributed by atoms with Crippen LogP contribution in [0, 0.1) is 5.41 Å². The van der Waals surface area contributed by atoms with Gasteiger partial charge >= 0.3 is 0 Å². The van der Waals surface area contributed by atoms with Crippen molar-refractivity contribution in [2.24, 2.45) is 5.41 Å². The Labute approximate surface area is 135 Å². The number of nitrogens with one attached hydrogen (secondary N) is 1. The van der Waals surface area contributed by atoms with Crippen molar-refractivity contribution in [1.82, 2.24) is 10.2 Å². The molecule has 1 N–H and O–H groups in total. The molecule has 2 aliphatic heterocycles. The van der Waals surface area contributed by atoms with E-state index in [0.717, 1.165) is 25.8 Å². The Bertz CT molecular complexity index is 454. The predicted molar refractivity (Wildman–Crippen MR) is 90.9 cm³/mol. The van der Waals surface area contributed by atoms with E-state index in [0.29, 0.717) is 11.5 Å². The van der Waals surface area contributed by atoms with E-state index >= 15 is 0 Å². The van der Waals surface area contributed by atoms with E-state index in [1.165, 1.54) is 37.9 Å². The molecular formula is C19H30N2O. The maximum absolute atomic E-state index is 5.51. The van der Waals surface area contributed by atoms with E-state index in [9.17, 15) is 0 Å². The van der Waals surface area contributed by atoms with Crippen molar-refractivity contribution < 1.29 is 4.74 Å². The summed E-state index contributed by atoms with van der Waals surface area (Å²) in [5.41, 5.74) is 1.70. The number of piperidine rings is 1. The number of ether oxygens (including phenoxy) is 1. The Hall–Kier alpha value is -0.900. The average Bonchev–Trinajstić information content (AvgIpc) is 2.55. The zero-order valence-corrected chi connectivity index (χ0v) is 14.1. The first-order valence-corrected chi connectivity index (χ1v) is 8.74. The molecule has 22 heavy (non-hydrogen) atoms. The zero-order chi connectivity index (χ0) is 15.4. The third-order valence-electron chi connectivity index (χ3n) is 5.36. The van der Waals surface area contributed by atoms with Crippen molar-refractivity contribution in [3.05, 3.63) is 35.9 Å². The van der Waals surface area contributed by atoms with E-state index in [2.05, 4.69) is 54.4 Å². The lowest BCUT2D eigenvalue weighted by molar-refractivity contribution is -0.00786. The molecule has 1 aromatic carbocycles. The van der Waals surface area contributed by atoms with Crippen LogP contribution in [0.15, 0.2) is 30.3 Å². The summed E-state index contributed by atoms with van der Waals surface area (Å²) < 4.78 is 5.51. The topological polar surface area (TPSA) is 24.5 Å². The SMILES string of the molecule is CC1(C)CN(C2CCOCC2)CCC1NCc1ccccc1. The fourth-order valence-electron chi connectivity index (χ4n) is 3.98. The standard InChI is InChI=1S/C19H30N2O/c1-19(2)15-21(17-9-12-22-13-10-17)11-8-18(19)20-14-16-6-4-3-5-7-16/h3-7,17-18,20H,8-15H2,1-2H3. The van der Waals surface area contributed by atoms with Crippen LogP contribution in [0.2, 0.25) is 0 Å². The molecule has 3 rings (SSSR count). The molecule has 0 aliphatic carbocycles. The fraction of sp³-hybridized carbons (Fsp3) is 0.684. The van der Waals surface area contributed by atoms with E-state index in [1.54, 1.807) is 0 Å². The summed E-state index contributed by atoms with van der Waals surface area (Å²) in [5, 5.41) is 3.80. The minimum Gasteiger partial charge on any atom is -0.381 e. The maximum atomic E-state index is 5.51. The maximum Gasteiger partial charge on any atom is 0.0480 e. The lowest BCUT2D eigenvalue weighted by atomic mass is 9.78. The molecule has 0 radical (unpaired) electrons. The number of hydrogen-bond donors (Lipinski definition) is 1. The van der Waals surface area contributed by atoms with Crippen LogP contribution >= 0.6 is 0 Å². The molecule has 0 bridgehead atoms. The van der Waals surface area contributed by atoms with Crippen molar-refractivity contribution in [2.45, 2.75) is 51.7 Å². The Morgan fingerprint density at radius 2 is 1.86 bits per heavy atom. The Balaban J connectivity index is 1.54. The van der Waals surface area contributed by atoms with Gasteiger partial charge in [0, 0.05) is 38.4 Å². The first kappa shape index (κ1) is 16.0. The highest BCUT2D eigenvalue weighted by Crippen LogP contribution is 2.32. The van der Waals surface area contributed by atoms with Gasteiger partial charge < -0.3 is 10.1 Å². The minimum atomic E-state index is 0.325. The second-order valence-corrected chi connectivity index (χ2v) is 7.51. The van der Waals surface area contributed by atoms with Crippen molar-refractivity contribution in [3.63, 3.8) is 0 Å². The van der Waals surface area contributed by atoms with Gasteiger partial charge in [-0.1, -0.05) is 44.2 Å². The van der Waals surface area contributed by atoms with Crippen LogP contribution < -0.4 is 5.32 Å². The van der Waals surface area contributed by atoms with Gasteiger partial charge in [0.2, 0.25) is 0 Å². The van der Waals surface area contributed by atoms with Gasteiger partial charge in [-0.15, -0.1) is 0 Å². The molecule has 1 aromatic rings. The van der Waals surface area contributed by atoms with Gasteiger partial charge in [0.25, 0.3) is 0 Å². The van der Waals surface area contributed by atoms with Gasteiger partial charge in [0.05, 0.1) is 0 Å². The number of nitrogens with zero attached hydrogens (tertiary/aromatic N) is 1. The number of likely N-dealkylation sites (tertiary alicyclic amines) is 1. The van der Waals surface area contributed by atoms with Gasteiger partial charge in [-0.2, -0.15) is 0 Å². The van der Waals surface area contributed by atoms with Crippen LogP contribution in [0.5, 0.6) is 0 Å². The van der Waals surface area contributed by atoms with E-state index < -0.39 is 0 Å². The third kappa shape index (κ3) is 3.89. The summed E-state index contributed by atoms with van der Waals surface area (Å²) in [6, 6.07) is 12.1. The summed E-state index contributed by atoms with van der Waals surface area (Å²) in [5.74, 6) is 0. The Morgan fingerprint density at radius 1 is 1.14 bits per heavy atom. The van der Waals surface area contributed by atoms with Crippen LogP contribution in [-0.4, -0.2) is 43.3 Å².